The van der Waals surface area contributed by atoms with Crippen LogP contribution in [-0.4, -0.2) is 37.0 Å². The summed E-state index contributed by atoms with van der Waals surface area (Å²) in [5, 5.41) is 3.28. The Morgan fingerprint density at radius 3 is 2.84 bits per heavy atom. The van der Waals surface area contributed by atoms with Crippen LogP contribution in [0.25, 0.3) is 0 Å². The number of rotatable bonds is 5. The summed E-state index contributed by atoms with van der Waals surface area (Å²) in [6, 6.07) is 7.76. The van der Waals surface area contributed by atoms with Gasteiger partial charge in [-0.15, -0.1) is 0 Å². The van der Waals surface area contributed by atoms with E-state index in [4.69, 9.17) is 4.74 Å². The normalized spacial score (nSPS) is 16.4. The number of benzene rings is 1. The lowest BCUT2D eigenvalue weighted by Crippen LogP contribution is -2.43. The number of ether oxygens (including phenoxy) is 1. The van der Waals surface area contributed by atoms with Gasteiger partial charge in [0.05, 0.1) is 13.2 Å². The molecule has 0 saturated carbocycles. The zero-order chi connectivity index (χ0) is 13.7. The Morgan fingerprint density at radius 1 is 1.42 bits per heavy atom. The van der Waals surface area contributed by atoms with Crippen molar-refractivity contribution in [3.63, 3.8) is 0 Å². The molecule has 0 bridgehead atoms. The van der Waals surface area contributed by atoms with E-state index in [-0.39, 0.29) is 11.9 Å². The average Bonchev–Trinajstić information content (AvgIpc) is 2.98. The Balaban J connectivity index is 1.85. The lowest BCUT2D eigenvalue weighted by molar-refractivity contribution is -0.131. The van der Waals surface area contributed by atoms with E-state index < -0.39 is 0 Å². The van der Waals surface area contributed by atoms with Crippen molar-refractivity contribution >= 4 is 5.91 Å². The molecule has 1 atom stereocenters. The molecule has 1 amide bonds. The molecule has 1 aliphatic rings. The van der Waals surface area contributed by atoms with E-state index >= 15 is 0 Å². The minimum atomic E-state index is -0.135. The number of hydrogen-bond acceptors (Lipinski definition) is 3. The van der Waals surface area contributed by atoms with E-state index in [0.717, 1.165) is 37.2 Å². The zero-order valence-corrected chi connectivity index (χ0v) is 11.7. The minimum absolute atomic E-state index is 0.135. The molecule has 1 aromatic rings. The van der Waals surface area contributed by atoms with Crippen molar-refractivity contribution in [2.24, 2.45) is 0 Å². The molecule has 4 heteroatoms. The van der Waals surface area contributed by atoms with Crippen molar-refractivity contribution in [2.75, 3.05) is 20.2 Å². The molecule has 1 heterocycles. The number of methoxy groups -OCH3 is 1. The van der Waals surface area contributed by atoms with Gasteiger partial charge in [-0.3, -0.25) is 4.79 Å². The van der Waals surface area contributed by atoms with Crippen LogP contribution in [0.15, 0.2) is 24.3 Å². The summed E-state index contributed by atoms with van der Waals surface area (Å²) in [6.07, 6.45) is 2.27. The van der Waals surface area contributed by atoms with E-state index in [9.17, 15) is 4.79 Å². The fourth-order valence-electron chi connectivity index (χ4n) is 2.35. The third kappa shape index (κ3) is 3.70. The van der Waals surface area contributed by atoms with Crippen molar-refractivity contribution < 1.29 is 9.53 Å². The highest BCUT2D eigenvalue weighted by molar-refractivity contribution is 5.81. The fourth-order valence-corrected chi connectivity index (χ4v) is 2.35. The van der Waals surface area contributed by atoms with E-state index in [1.54, 1.807) is 7.11 Å². The first-order valence-corrected chi connectivity index (χ1v) is 6.86. The molecular weight excluding hydrogens is 240 g/mol. The molecule has 19 heavy (non-hydrogen) atoms. The molecule has 4 nitrogen and oxygen atoms in total. The second-order valence-corrected chi connectivity index (χ2v) is 4.99. The maximum Gasteiger partial charge on any atom is 0.239 e. The van der Waals surface area contributed by atoms with Crippen molar-refractivity contribution in [3.8, 4) is 5.75 Å². The van der Waals surface area contributed by atoms with E-state index in [1.165, 1.54) is 0 Å². The van der Waals surface area contributed by atoms with Crippen LogP contribution in [0.3, 0.4) is 0 Å². The summed E-state index contributed by atoms with van der Waals surface area (Å²) in [5.41, 5.74) is 1.13. The molecule has 1 fully saturated rings. The van der Waals surface area contributed by atoms with Crippen LogP contribution in [0.4, 0.5) is 0 Å². The van der Waals surface area contributed by atoms with Crippen LogP contribution in [0, 0.1) is 0 Å². The first-order chi connectivity index (χ1) is 9.20. The highest BCUT2D eigenvalue weighted by atomic mass is 16.5. The van der Waals surface area contributed by atoms with Gasteiger partial charge in [-0.2, -0.15) is 0 Å². The lowest BCUT2D eigenvalue weighted by atomic mass is 10.2. The number of nitrogens with one attached hydrogen (secondary N) is 1. The number of carbonyl (C=O) groups is 1. The second-order valence-electron chi connectivity index (χ2n) is 4.99. The molecule has 104 valence electrons. The standard InChI is InChI=1S/C15H22N2O2/c1-12(15(18)17-8-3-4-9-17)16-11-13-6-5-7-14(10-13)19-2/h5-7,10,12,16H,3-4,8-9,11H2,1-2H3. The third-order valence-electron chi connectivity index (χ3n) is 3.53. The van der Waals surface area contributed by atoms with Crippen molar-refractivity contribution in [3.05, 3.63) is 29.8 Å². The van der Waals surface area contributed by atoms with Gasteiger partial charge in [-0.1, -0.05) is 12.1 Å². The van der Waals surface area contributed by atoms with Gasteiger partial charge in [0.15, 0.2) is 0 Å². The third-order valence-corrected chi connectivity index (χ3v) is 3.53. The summed E-state index contributed by atoms with van der Waals surface area (Å²) in [4.78, 5) is 14.1. The van der Waals surface area contributed by atoms with E-state index in [2.05, 4.69) is 5.32 Å². The van der Waals surface area contributed by atoms with E-state index in [0.29, 0.717) is 6.54 Å². The summed E-state index contributed by atoms with van der Waals surface area (Å²) in [5.74, 6) is 1.05. The number of nitrogens with zero attached hydrogens (tertiary/aromatic N) is 1. The first kappa shape index (κ1) is 13.9. The predicted molar refractivity (Wildman–Crippen MR) is 75.1 cm³/mol. The van der Waals surface area contributed by atoms with Crippen molar-refractivity contribution in [2.45, 2.75) is 32.4 Å². The highest BCUT2D eigenvalue weighted by Gasteiger charge is 2.22. The van der Waals surface area contributed by atoms with Gasteiger partial charge in [0, 0.05) is 19.6 Å². The molecule has 2 rings (SSSR count). The van der Waals surface area contributed by atoms with Crippen LogP contribution in [0.1, 0.15) is 25.3 Å². The maximum absolute atomic E-state index is 12.1. The number of likely N-dealkylation sites (tertiary alicyclic amines) is 1. The van der Waals surface area contributed by atoms with Gasteiger partial charge in [0.25, 0.3) is 0 Å². The van der Waals surface area contributed by atoms with Gasteiger partial charge in [0.2, 0.25) is 5.91 Å². The summed E-state index contributed by atoms with van der Waals surface area (Å²) < 4.78 is 5.19. The highest BCUT2D eigenvalue weighted by Crippen LogP contribution is 2.13. The average molecular weight is 262 g/mol. The fraction of sp³-hybridized carbons (Fsp3) is 0.533. The van der Waals surface area contributed by atoms with Gasteiger partial charge >= 0.3 is 0 Å². The summed E-state index contributed by atoms with van der Waals surface area (Å²) in [7, 11) is 1.66. The largest absolute Gasteiger partial charge is 0.497 e. The number of amides is 1. The van der Waals surface area contributed by atoms with Crippen molar-refractivity contribution in [1.29, 1.82) is 0 Å². The second kappa shape index (κ2) is 6.57. The number of carbonyl (C=O) groups excluding carboxylic acids is 1. The Kier molecular flexibility index (Phi) is 4.80. The summed E-state index contributed by atoms with van der Waals surface area (Å²) in [6.45, 7) is 4.42. The van der Waals surface area contributed by atoms with Gasteiger partial charge in [-0.05, 0) is 37.5 Å². The molecule has 0 aromatic heterocycles. The van der Waals surface area contributed by atoms with Gasteiger partial charge in [-0.25, -0.2) is 0 Å². The molecule has 1 unspecified atom stereocenters. The Hall–Kier alpha value is -1.55. The van der Waals surface area contributed by atoms with Crippen LogP contribution in [0.5, 0.6) is 5.75 Å². The maximum atomic E-state index is 12.1. The molecule has 1 saturated heterocycles. The Morgan fingerprint density at radius 2 is 2.16 bits per heavy atom. The van der Waals surface area contributed by atoms with Gasteiger partial charge in [0.1, 0.15) is 5.75 Å². The van der Waals surface area contributed by atoms with Gasteiger partial charge < -0.3 is 15.0 Å². The Bertz CT molecular complexity index is 428. The van der Waals surface area contributed by atoms with Crippen LogP contribution in [-0.2, 0) is 11.3 Å². The SMILES string of the molecule is COc1cccc(CNC(C)C(=O)N2CCCC2)c1. The molecular formula is C15H22N2O2. The molecule has 1 aliphatic heterocycles. The molecule has 1 N–H and O–H groups in total. The monoisotopic (exact) mass is 262 g/mol. The lowest BCUT2D eigenvalue weighted by Gasteiger charge is -2.21. The molecule has 0 radical (unpaired) electrons. The zero-order valence-electron chi connectivity index (χ0n) is 11.7. The number of hydrogen-bond donors (Lipinski definition) is 1. The molecule has 0 aliphatic carbocycles. The molecule has 1 aromatic carbocycles. The van der Waals surface area contributed by atoms with E-state index in [1.807, 2.05) is 36.1 Å². The van der Waals surface area contributed by atoms with Crippen molar-refractivity contribution in [1.82, 2.24) is 10.2 Å². The topological polar surface area (TPSA) is 41.6 Å². The summed E-state index contributed by atoms with van der Waals surface area (Å²) >= 11 is 0. The first-order valence-electron chi connectivity index (χ1n) is 6.86. The van der Waals surface area contributed by atoms with Crippen LogP contribution >= 0.6 is 0 Å². The predicted octanol–water partition coefficient (Wildman–Crippen LogP) is 1.80. The van der Waals surface area contributed by atoms with Crippen LogP contribution < -0.4 is 10.1 Å². The molecule has 0 spiro atoms. The van der Waals surface area contributed by atoms with Crippen LogP contribution in [0.2, 0.25) is 0 Å². The Labute approximate surface area is 114 Å². The minimum Gasteiger partial charge on any atom is -0.497 e. The quantitative estimate of drug-likeness (QED) is 0.879. The smallest absolute Gasteiger partial charge is 0.239 e.